The van der Waals surface area contributed by atoms with E-state index >= 15 is 0 Å². The van der Waals surface area contributed by atoms with E-state index in [1.54, 1.807) is 0 Å². The summed E-state index contributed by atoms with van der Waals surface area (Å²) in [4.78, 5) is 0. The Balaban J connectivity index is 2.51. The SMILES string of the molecule is CNC(c1cccc(Br)c1)c1cc(Br)c(C)cc1Br. The average Bonchev–Trinajstić information content (AvgIpc) is 2.36. The van der Waals surface area contributed by atoms with E-state index in [0.29, 0.717) is 0 Å². The molecule has 0 amide bonds. The lowest BCUT2D eigenvalue weighted by atomic mass is 9.98. The lowest BCUT2D eigenvalue weighted by Gasteiger charge is -2.20. The number of benzene rings is 2. The van der Waals surface area contributed by atoms with Gasteiger partial charge >= 0.3 is 0 Å². The standard InChI is InChI=1S/C15H14Br3N/c1-9-6-14(18)12(8-13(9)17)15(19-2)10-4-3-5-11(16)7-10/h3-8,15,19H,1-2H3. The summed E-state index contributed by atoms with van der Waals surface area (Å²) >= 11 is 10.8. The zero-order valence-corrected chi connectivity index (χ0v) is 15.4. The van der Waals surface area contributed by atoms with Crippen LogP contribution in [0.2, 0.25) is 0 Å². The van der Waals surface area contributed by atoms with Gasteiger partial charge in [-0.2, -0.15) is 0 Å². The van der Waals surface area contributed by atoms with Crippen LogP contribution in [0.3, 0.4) is 0 Å². The summed E-state index contributed by atoms with van der Waals surface area (Å²) in [5, 5.41) is 3.38. The molecule has 0 bridgehead atoms. The van der Waals surface area contributed by atoms with Gasteiger partial charge in [-0.25, -0.2) is 0 Å². The van der Waals surface area contributed by atoms with Gasteiger partial charge in [-0.15, -0.1) is 0 Å². The van der Waals surface area contributed by atoms with E-state index in [2.05, 4.69) is 90.4 Å². The van der Waals surface area contributed by atoms with Gasteiger partial charge in [0, 0.05) is 13.4 Å². The molecule has 0 aromatic heterocycles. The minimum Gasteiger partial charge on any atom is -0.309 e. The minimum absolute atomic E-state index is 0.156. The third-order valence-electron chi connectivity index (χ3n) is 3.06. The Morgan fingerprint density at radius 3 is 2.37 bits per heavy atom. The van der Waals surface area contributed by atoms with Gasteiger partial charge < -0.3 is 5.32 Å². The number of rotatable bonds is 3. The Morgan fingerprint density at radius 2 is 1.74 bits per heavy atom. The van der Waals surface area contributed by atoms with Crippen molar-refractivity contribution < 1.29 is 0 Å². The molecule has 2 rings (SSSR count). The maximum absolute atomic E-state index is 3.67. The quantitative estimate of drug-likeness (QED) is 0.646. The van der Waals surface area contributed by atoms with Crippen LogP contribution in [0.25, 0.3) is 0 Å². The van der Waals surface area contributed by atoms with Crippen LogP contribution in [0.15, 0.2) is 49.8 Å². The Bertz CT molecular complexity index is 596. The van der Waals surface area contributed by atoms with E-state index in [1.807, 2.05) is 13.1 Å². The molecular formula is C15H14Br3N. The molecule has 0 aliphatic carbocycles. The fraction of sp³-hybridized carbons (Fsp3) is 0.200. The van der Waals surface area contributed by atoms with Gasteiger partial charge in [0.1, 0.15) is 0 Å². The first-order valence-electron chi connectivity index (χ1n) is 5.91. The summed E-state index contributed by atoms with van der Waals surface area (Å²) in [6.45, 7) is 2.09. The lowest BCUT2D eigenvalue weighted by molar-refractivity contribution is 0.688. The van der Waals surface area contributed by atoms with Crippen LogP contribution in [0.1, 0.15) is 22.7 Å². The average molecular weight is 448 g/mol. The van der Waals surface area contributed by atoms with Crippen LogP contribution in [0.4, 0.5) is 0 Å². The number of halogens is 3. The Labute approximate surface area is 139 Å². The molecule has 0 saturated carbocycles. The lowest BCUT2D eigenvalue weighted by Crippen LogP contribution is -2.18. The second kappa shape index (κ2) is 6.53. The molecule has 0 spiro atoms. The highest BCUT2D eigenvalue weighted by atomic mass is 79.9. The molecular weight excluding hydrogens is 434 g/mol. The van der Waals surface area contributed by atoms with Crippen molar-refractivity contribution in [1.29, 1.82) is 0 Å². The molecule has 0 radical (unpaired) electrons. The predicted molar refractivity (Wildman–Crippen MR) is 91.6 cm³/mol. The van der Waals surface area contributed by atoms with Crippen molar-refractivity contribution in [1.82, 2.24) is 5.32 Å². The number of nitrogens with one attached hydrogen (secondary N) is 1. The van der Waals surface area contributed by atoms with Crippen molar-refractivity contribution in [2.75, 3.05) is 7.05 Å². The van der Waals surface area contributed by atoms with Gasteiger partial charge in [0.2, 0.25) is 0 Å². The molecule has 100 valence electrons. The summed E-state index contributed by atoms with van der Waals surface area (Å²) in [6, 6.07) is 12.8. The van der Waals surface area contributed by atoms with Crippen molar-refractivity contribution in [2.24, 2.45) is 0 Å². The van der Waals surface area contributed by atoms with Crippen molar-refractivity contribution in [2.45, 2.75) is 13.0 Å². The number of aryl methyl sites for hydroxylation is 1. The summed E-state index contributed by atoms with van der Waals surface area (Å²) in [5.41, 5.74) is 3.67. The minimum atomic E-state index is 0.156. The molecule has 1 N–H and O–H groups in total. The molecule has 1 atom stereocenters. The van der Waals surface area contributed by atoms with Gasteiger partial charge in [0.15, 0.2) is 0 Å². The molecule has 1 nitrogen and oxygen atoms in total. The van der Waals surface area contributed by atoms with E-state index in [1.165, 1.54) is 16.7 Å². The van der Waals surface area contributed by atoms with Gasteiger partial charge in [-0.3, -0.25) is 0 Å². The highest BCUT2D eigenvalue weighted by molar-refractivity contribution is 9.11. The summed E-state index contributed by atoms with van der Waals surface area (Å²) in [7, 11) is 1.98. The molecule has 0 fully saturated rings. The van der Waals surface area contributed by atoms with Crippen molar-refractivity contribution in [3.8, 4) is 0 Å². The molecule has 0 saturated heterocycles. The second-order valence-corrected chi connectivity index (χ2v) is 7.02. The first-order valence-corrected chi connectivity index (χ1v) is 8.29. The molecule has 1 unspecified atom stereocenters. The number of hydrogen-bond acceptors (Lipinski definition) is 1. The smallest absolute Gasteiger partial charge is 0.0586 e. The van der Waals surface area contributed by atoms with E-state index in [4.69, 9.17) is 0 Å². The molecule has 4 heteroatoms. The predicted octanol–water partition coefficient (Wildman–Crippen LogP) is 5.59. The van der Waals surface area contributed by atoms with Crippen LogP contribution in [-0.4, -0.2) is 7.05 Å². The summed E-state index contributed by atoms with van der Waals surface area (Å²) in [5.74, 6) is 0. The fourth-order valence-electron chi connectivity index (χ4n) is 2.07. The zero-order chi connectivity index (χ0) is 14.0. The maximum atomic E-state index is 3.67. The van der Waals surface area contributed by atoms with E-state index in [9.17, 15) is 0 Å². The van der Waals surface area contributed by atoms with Gasteiger partial charge in [0.05, 0.1) is 6.04 Å². The largest absolute Gasteiger partial charge is 0.309 e. The molecule has 0 aliphatic rings. The van der Waals surface area contributed by atoms with Crippen molar-refractivity contribution in [3.63, 3.8) is 0 Å². The fourth-order valence-corrected chi connectivity index (χ4v) is 3.54. The van der Waals surface area contributed by atoms with Gasteiger partial charge in [0.25, 0.3) is 0 Å². The van der Waals surface area contributed by atoms with Crippen molar-refractivity contribution >= 4 is 47.8 Å². The first kappa shape index (κ1) is 15.2. The molecule has 19 heavy (non-hydrogen) atoms. The Hall–Kier alpha value is -0.160. The topological polar surface area (TPSA) is 12.0 Å². The van der Waals surface area contributed by atoms with E-state index < -0.39 is 0 Å². The molecule has 0 aliphatic heterocycles. The zero-order valence-electron chi connectivity index (χ0n) is 10.7. The van der Waals surface area contributed by atoms with Crippen LogP contribution in [0, 0.1) is 6.92 Å². The monoisotopic (exact) mass is 445 g/mol. The van der Waals surface area contributed by atoms with Crippen LogP contribution >= 0.6 is 47.8 Å². The summed E-state index contributed by atoms with van der Waals surface area (Å²) < 4.78 is 3.33. The van der Waals surface area contributed by atoms with Gasteiger partial charge in [-0.1, -0.05) is 59.9 Å². The third kappa shape index (κ3) is 3.48. The molecule has 2 aromatic rings. The van der Waals surface area contributed by atoms with E-state index in [-0.39, 0.29) is 6.04 Å². The van der Waals surface area contributed by atoms with Crippen LogP contribution < -0.4 is 5.32 Å². The van der Waals surface area contributed by atoms with Crippen LogP contribution in [0.5, 0.6) is 0 Å². The number of hydrogen-bond donors (Lipinski definition) is 1. The first-order chi connectivity index (χ1) is 9.02. The van der Waals surface area contributed by atoms with E-state index in [0.717, 1.165) is 13.4 Å². The maximum Gasteiger partial charge on any atom is 0.0586 e. The van der Waals surface area contributed by atoms with Crippen LogP contribution in [-0.2, 0) is 0 Å². The normalized spacial score (nSPS) is 12.5. The Kier molecular flexibility index (Phi) is 5.23. The highest BCUT2D eigenvalue weighted by Crippen LogP contribution is 2.33. The summed E-state index contributed by atoms with van der Waals surface area (Å²) in [6.07, 6.45) is 0. The second-order valence-electron chi connectivity index (χ2n) is 4.40. The van der Waals surface area contributed by atoms with Crippen molar-refractivity contribution in [3.05, 3.63) is 66.5 Å². The highest BCUT2D eigenvalue weighted by Gasteiger charge is 2.16. The van der Waals surface area contributed by atoms with Gasteiger partial charge in [-0.05, 0) is 54.9 Å². The Morgan fingerprint density at radius 1 is 1.00 bits per heavy atom. The molecule has 0 heterocycles. The third-order valence-corrected chi connectivity index (χ3v) is 5.09. The molecule has 2 aromatic carbocycles.